The predicted octanol–water partition coefficient (Wildman–Crippen LogP) is 3.11. The van der Waals surface area contributed by atoms with Gasteiger partial charge in [0.1, 0.15) is 0 Å². The predicted molar refractivity (Wildman–Crippen MR) is 111 cm³/mol. The highest BCUT2D eigenvalue weighted by atomic mass is 16.2. The molecule has 0 fully saturated rings. The van der Waals surface area contributed by atoms with E-state index in [0.717, 1.165) is 17.7 Å². The number of hydrogen-bond acceptors (Lipinski definition) is 3. The number of para-hydroxylation sites is 1. The molecule has 28 heavy (non-hydrogen) atoms. The summed E-state index contributed by atoms with van der Waals surface area (Å²) in [5.74, 6) is -0.770. The van der Waals surface area contributed by atoms with E-state index in [9.17, 15) is 14.4 Å². The molecule has 0 aliphatic carbocycles. The number of amides is 3. The molecule has 0 atom stereocenters. The molecule has 0 radical (unpaired) electrons. The summed E-state index contributed by atoms with van der Waals surface area (Å²) in [6.45, 7) is 5.41. The monoisotopic (exact) mass is 379 g/mol. The molecule has 2 rings (SSSR count). The van der Waals surface area contributed by atoms with Gasteiger partial charge in [-0.25, -0.2) is 0 Å². The van der Waals surface area contributed by atoms with Crippen LogP contribution in [0.1, 0.15) is 22.8 Å². The van der Waals surface area contributed by atoms with Crippen molar-refractivity contribution in [1.29, 1.82) is 0 Å². The van der Waals surface area contributed by atoms with Gasteiger partial charge in [0, 0.05) is 31.0 Å². The molecule has 2 aromatic rings. The molecule has 1 N–H and O–H groups in total. The topological polar surface area (TPSA) is 69.7 Å². The summed E-state index contributed by atoms with van der Waals surface area (Å²) in [5, 5.41) is 2.86. The molecular weight excluding hydrogens is 354 g/mol. The molecule has 0 spiro atoms. The Hall–Kier alpha value is -3.41. The summed E-state index contributed by atoms with van der Waals surface area (Å²) in [5.41, 5.74) is 2.89. The van der Waals surface area contributed by atoms with Crippen molar-refractivity contribution < 1.29 is 14.4 Å². The Labute approximate surface area is 165 Å². The van der Waals surface area contributed by atoms with Crippen molar-refractivity contribution >= 4 is 29.1 Å². The van der Waals surface area contributed by atoms with E-state index >= 15 is 0 Å². The fourth-order valence-electron chi connectivity index (χ4n) is 2.74. The summed E-state index contributed by atoms with van der Waals surface area (Å²) < 4.78 is 0. The van der Waals surface area contributed by atoms with Crippen molar-refractivity contribution in [3.8, 4) is 0 Å². The SMILES string of the molecule is C=CC(=O)N(C)c1ccc(C(=O)N(C)CC(=O)Nc2ccccc2CC)cc1. The second kappa shape index (κ2) is 9.50. The van der Waals surface area contributed by atoms with Crippen LogP contribution in [0.25, 0.3) is 0 Å². The van der Waals surface area contributed by atoms with Gasteiger partial charge in [-0.1, -0.05) is 31.7 Å². The Morgan fingerprint density at radius 1 is 1.04 bits per heavy atom. The van der Waals surface area contributed by atoms with Crippen LogP contribution >= 0.6 is 0 Å². The molecular formula is C22H25N3O3. The van der Waals surface area contributed by atoms with Gasteiger partial charge in [-0.2, -0.15) is 0 Å². The van der Waals surface area contributed by atoms with E-state index in [1.807, 2.05) is 31.2 Å². The highest BCUT2D eigenvalue weighted by Gasteiger charge is 2.16. The van der Waals surface area contributed by atoms with Gasteiger partial charge in [0.25, 0.3) is 5.91 Å². The Morgan fingerprint density at radius 2 is 1.68 bits per heavy atom. The summed E-state index contributed by atoms with van der Waals surface area (Å²) in [7, 11) is 3.21. The van der Waals surface area contributed by atoms with Gasteiger partial charge in [0.2, 0.25) is 11.8 Å². The lowest BCUT2D eigenvalue weighted by atomic mass is 10.1. The van der Waals surface area contributed by atoms with E-state index in [4.69, 9.17) is 0 Å². The molecule has 0 unspecified atom stereocenters. The quantitative estimate of drug-likeness (QED) is 0.752. The number of rotatable bonds is 7. The van der Waals surface area contributed by atoms with Gasteiger partial charge in [0.15, 0.2) is 0 Å². The van der Waals surface area contributed by atoms with Crippen LogP contribution in [0.4, 0.5) is 11.4 Å². The molecule has 0 aliphatic heterocycles. The first-order chi connectivity index (χ1) is 13.4. The normalized spacial score (nSPS) is 10.1. The van der Waals surface area contributed by atoms with Crippen LogP contribution in [0.15, 0.2) is 61.2 Å². The van der Waals surface area contributed by atoms with E-state index in [1.165, 1.54) is 15.9 Å². The molecule has 0 saturated carbocycles. The Kier molecular flexibility index (Phi) is 7.09. The number of benzene rings is 2. The molecule has 3 amide bonds. The second-order valence-corrected chi connectivity index (χ2v) is 6.37. The van der Waals surface area contributed by atoms with Crippen LogP contribution in [-0.2, 0) is 16.0 Å². The Morgan fingerprint density at radius 3 is 2.29 bits per heavy atom. The summed E-state index contributed by atoms with van der Waals surface area (Å²) in [4.78, 5) is 39.3. The molecule has 0 aliphatic rings. The number of nitrogens with one attached hydrogen (secondary N) is 1. The molecule has 6 nitrogen and oxygen atoms in total. The van der Waals surface area contributed by atoms with E-state index in [0.29, 0.717) is 11.3 Å². The van der Waals surface area contributed by atoms with Gasteiger partial charge >= 0.3 is 0 Å². The average molecular weight is 379 g/mol. The van der Waals surface area contributed by atoms with Crippen molar-refractivity contribution in [2.45, 2.75) is 13.3 Å². The number of hydrogen-bond donors (Lipinski definition) is 1. The van der Waals surface area contributed by atoms with Crippen LogP contribution in [0, 0.1) is 0 Å². The van der Waals surface area contributed by atoms with E-state index in [1.54, 1.807) is 38.4 Å². The van der Waals surface area contributed by atoms with Gasteiger partial charge < -0.3 is 15.1 Å². The summed E-state index contributed by atoms with van der Waals surface area (Å²) in [6, 6.07) is 14.2. The lowest BCUT2D eigenvalue weighted by Crippen LogP contribution is -2.35. The molecule has 2 aromatic carbocycles. The second-order valence-electron chi connectivity index (χ2n) is 6.37. The highest BCUT2D eigenvalue weighted by molar-refractivity contribution is 6.02. The van der Waals surface area contributed by atoms with Crippen molar-refractivity contribution in [2.24, 2.45) is 0 Å². The molecule has 0 bridgehead atoms. The largest absolute Gasteiger partial charge is 0.332 e. The zero-order valence-electron chi connectivity index (χ0n) is 16.4. The number of nitrogens with zero attached hydrogens (tertiary/aromatic N) is 2. The van der Waals surface area contributed by atoms with Crippen molar-refractivity contribution in [3.05, 3.63) is 72.3 Å². The Bertz CT molecular complexity index is 875. The van der Waals surface area contributed by atoms with Gasteiger partial charge in [-0.05, 0) is 48.4 Å². The third-order valence-corrected chi connectivity index (χ3v) is 4.41. The maximum Gasteiger partial charge on any atom is 0.254 e. The first-order valence-corrected chi connectivity index (χ1v) is 9.00. The minimum absolute atomic E-state index is 0.0620. The van der Waals surface area contributed by atoms with Crippen LogP contribution < -0.4 is 10.2 Å². The van der Waals surface area contributed by atoms with E-state index < -0.39 is 0 Å². The zero-order chi connectivity index (χ0) is 20.7. The fraction of sp³-hybridized carbons (Fsp3) is 0.227. The number of likely N-dealkylation sites (N-methyl/N-ethyl adjacent to an activating group) is 2. The van der Waals surface area contributed by atoms with Gasteiger partial charge in [0.05, 0.1) is 6.54 Å². The number of carbonyl (C=O) groups excluding carboxylic acids is 3. The lowest BCUT2D eigenvalue weighted by molar-refractivity contribution is -0.116. The van der Waals surface area contributed by atoms with E-state index in [-0.39, 0.29) is 24.3 Å². The minimum atomic E-state index is -0.275. The molecule has 0 heterocycles. The third kappa shape index (κ3) is 5.07. The smallest absolute Gasteiger partial charge is 0.254 e. The number of aryl methyl sites for hydroxylation is 1. The summed E-state index contributed by atoms with van der Waals surface area (Å²) >= 11 is 0. The first kappa shape index (κ1) is 20.9. The highest BCUT2D eigenvalue weighted by Crippen LogP contribution is 2.17. The van der Waals surface area contributed by atoms with Crippen LogP contribution in [0.5, 0.6) is 0 Å². The maximum absolute atomic E-state index is 12.6. The molecule has 0 saturated heterocycles. The van der Waals surface area contributed by atoms with Crippen molar-refractivity contribution in [2.75, 3.05) is 30.9 Å². The molecule has 0 aromatic heterocycles. The zero-order valence-corrected chi connectivity index (χ0v) is 16.4. The maximum atomic E-state index is 12.6. The van der Waals surface area contributed by atoms with Crippen molar-refractivity contribution in [3.63, 3.8) is 0 Å². The molecule has 146 valence electrons. The standard InChI is InChI=1S/C22H25N3O3/c1-5-16-9-7-8-10-19(16)23-20(26)15-24(3)22(28)17-11-13-18(14-12-17)25(4)21(27)6-2/h6-14H,2,5,15H2,1,3-4H3,(H,23,26). The number of anilines is 2. The van der Waals surface area contributed by atoms with Crippen LogP contribution in [0.3, 0.4) is 0 Å². The Balaban J connectivity index is 2.01. The third-order valence-electron chi connectivity index (χ3n) is 4.41. The van der Waals surface area contributed by atoms with E-state index in [2.05, 4.69) is 11.9 Å². The van der Waals surface area contributed by atoms with Crippen LogP contribution in [-0.4, -0.2) is 43.3 Å². The molecule has 6 heteroatoms. The van der Waals surface area contributed by atoms with Crippen LogP contribution in [0.2, 0.25) is 0 Å². The number of carbonyl (C=O) groups is 3. The summed E-state index contributed by atoms with van der Waals surface area (Å²) in [6.07, 6.45) is 2.03. The minimum Gasteiger partial charge on any atom is -0.332 e. The van der Waals surface area contributed by atoms with Gasteiger partial charge in [-0.3, -0.25) is 14.4 Å². The van der Waals surface area contributed by atoms with Crippen molar-refractivity contribution in [1.82, 2.24) is 4.90 Å². The lowest BCUT2D eigenvalue weighted by Gasteiger charge is -2.19. The van der Waals surface area contributed by atoms with Gasteiger partial charge in [-0.15, -0.1) is 0 Å². The fourth-order valence-corrected chi connectivity index (χ4v) is 2.74. The first-order valence-electron chi connectivity index (χ1n) is 9.00. The average Bonchev–Trinajstić information content (AvgIpc) is 2.72.